The lowest BCUT2D eigenvalue weighted by Crippen LogP contribution is -2.23. The predicted molar refractivity (Wildman–Crippen MR) is 109 cm³/mol. The van der Waals surface area contributed by atoms with Gasteiger partial charge >= 0.3 is 0 Å². The zero-order valence-electron chi connectivity index (χ0n) is 14.5. The summed E-state index contributed by atoms with van der Waals surface area (Å²) in [5.74, 6) is 0. The number of nitrogens with zero attached hydrogens (tertiary/aromatic N) is 3. The minimum absolute atomic E-state index is 0.920. The SMILES string of the molecule is CN1CC=C(c2cc3c(Nc4ccc5ncsc5c4)ccnc3[nH]2)CC1. The summed E-state index contributed by atoms with van der Waals surface area (Å²) in [6.45, 7) is 2.09. The van der Waals surface area contributed by atoms with E-state index in [1.807, 2.05) is 17.8 Å². The average molecular weight is 361 g/mol. The molecule has 4 aromatic rings. The summed E-state index contributed by atoms with van der Waals surface area (Å²) < 4.78 is 1.19. The van der Waals surface area contributed by atoms with Gasteiger partial charge in [-0.1, -0.05) is 6.08 Å². The highest BCUT2D eigenvalue weighted by Gasteiger charge is 2.14. The van der Waals surface area contributed by atoms with Crippen LogP contribution in [0.1, 0.15) is 12.1 Å². The number of hydrogen-bond acceptors (Lipinski definition) is 5. The number of likely N-dealkylation sites (N-methyl/N-ethyl adjacent to an activating group) is 1. The van der Waals surface area contributed by atoms with Crippen molar-refractivity contribution in [3.63, 3.8) is 0 Å². The Balaban J connectivity index is 1.51. The van der Waals surface area contributed by atoms with Crippen molar-refractivity contribution in [1.29, 1.82) is 0 Å². The van der Waals surface area contributed by atoms with Gasteiger partial charge in [0, 0.05) is 36.1 Å². The molecule has 0 aliphatic carbocycles. The Morgan fingerprint density at radius 1 is 1.19 bits per heavy atom. The van der Waals surface area contributed by atoms with Gasteiger partial charge in [-0.2, -0.15) is 0 Å². The van der Waals surface area contributed by atoms with Crippen molar-refractivity contribution in [2.45, 2.75) is 6.42 Å². The van der Waals surface area contributed by atoms with E-state index in [1.165, 1.54) is 16.0 Å². The van der Waals surface area contributed by atoms with E-state index in [1.54, 1.807) is 11.3 Å². The Hall–Kier alpha value is -2.70. The molecule has 3 aromatic heterocycles. The first kappa shape index (κ1) is 15.5. The number of anilines is 2. The molecule has 0 atom stereocenters. The maximum absolute atomic E-state index is 4.51. The third kappa shape index (κ3) is 2.77. The van der Waals surface area contributed by atoms with Crippen LogP contribution in [0.25, 0.3) is 26.8 Å². The van der Waals surface area contributed by atoms with E-state index in [2.05, 4.69) is 62.6 Å². The quantitative estimate of drug-likeness (QED) is 0.558. The van der Waals surface area contributed by atoms with Crippen LogP contribution in [-0.4, -0.2) is 40.0 Å². The van der Waals surface area contributed by atoms with E-state index in [0.29, 0.717) is 0 Å². The number of thiazole rings is 1. The molecule has 0 fully saturated rings. The summed E-state index contributed by atoms with van der Waals surface area (Å²) in [7, 11) is 2.15. The van der Waals surface area contributed by atoms with Crippen LogP contribution in [0.5, 0.6) is 0 Å². The van der Waals surface area contributed by atoms with Gasteiger partial charge in [0.15, 0.2) is 0 Å². The van der Waals surface area contributed by atoms with Crippen molar-refractivity contribution in [1.82, 2.24) is 19.9 Å². The Morgan fingerprint density at radius 2 is 2.15 bits per heavy atom. The van der Waals surface area contributed by atoms with Crippen LogP contribution in [0.4, 0.5) is 11.4 Å². The molecule has 1 aliphatic rings. The van der Waals surface area contributed by atoms with Gasteiger partial charge in [-0.05, 0) is 49.4 Å². The van der Waals surface area contributed by atoms with Gasteiger partial charge in [-0.15, -0.1) is 11.3 Å². The van der Waals surface area contributed by atoms with Gasteiger partial charge in [-0.25, -0.2) is 9.97 Å². The van der Waals surface area contributed by atoms with Crippen molar-refractivity contribution in [2.24, 2.45) is 0 Å². The van der Waals surface area contributed by atoms with Crippen LogP contribution >= 0.6 is 11.3 Å². The van der Waals surface area contributed by atoms with Crippen molar-refractivity contribution in [2.75, 3.05) is 25.5 Å². The highest BCUT2D eigenvalue weighted by atomic mass is 32.1. The van der Waals surface area contributed by atoms with Gasteiger partial charge in [0.2, 0.25) is 0 Å². The Morgan fingerprint density at radius 3 is 3.04 bits per heavy atom. The maximum atomic E-state index is 4.51. The molecule has 5 nitrogen and oxygen atoms in total. The second-order valence-corrected chi connectivity index (χ2v) is 7.59. The van der Waals surface area contributed by atoms with Crippen LogP contribution in [-0.2, 0) is 0 Å². The molecular formula is C20H19N5S. The largest absolute Gasteiger partial charge is 0.355 e. The summed E-state index contributed by atoms with van der Waals surface area (Å²) in [5, 5.41) is 4.66. The van der Waals surface area contributed by atoms with Crippen LogP contribution < -0.4 is 5.32 Å². The third-order valence-corrected chi connectivity index (χ3v) is 5.69. The number of pyridine rings is 1. The number of aromatic amines is 1. The lowest BCUT2D eigenvalue weighted by atomic mass is 10.1. The average Bonchev–Trinajstić information content (AvgIpc) is 3.29. The minimum Gasteiger partial charge on any atom is -0.355 e. The van der Waals surface area contributed by atoms with Crippen LogP contribution in [0.15, 0.2) is 48.1 Å². The number of fused-ring (bicyclic) bond motifs is 2. The second kappa shape index (κ2) is 6.23. The number of aromatic nitrogens is 3. The summed E-state index contributed by atoms with van der Waals surface area (Å²) in [5.41, 5.74) is 8.52. The van der Waals surface area contributed by atoms with Gasteiger partial charge in [0.05, 0.1) is 21.4 Å². The highest BCUT2D eigenvalue weighted by Crippen LogP contribution is 2.31. The molecule has 0 spiro atoms. The first-order chi connectivity index (χ1) is 12.8. The second-order valence-electron chi connectivity index (χ2n) is 6.71. The summed E-state index contributed by atoms with van der Waals surface area (Å²) in [6.07, 6.45) is 5.21. The molecule has 5 rings (SSSR count). The molecule has 26 heavy (non-hydrogen) atoms. The van der Waals surface area contributed by atoms with Gasteiger partial charge in [0.1, 0.15) is 5.65 Å². The van der Waals surface area contributed by atoms with Crippen molar-refractivity contribution < 1.29 is 0 Å². The number of hydrogen-bond donors (Lipinski definition) is 2. The topological polar surface area (TPSA) is 56.8 Å². The molecule has 0 unspecified atom stereocenters. The highest BCUT2D eigenvalue weighted by molar-refractivity contribution is 7.16. The standard InChI is InChI=1S/C20H19N5S/c1-25-8-5-13(6-9-25)18-11-15-16(4-7-21-20(15)24-18)23-14-2-3-17-19(10-14)26-12-22-17/h2-5,7,10-12H,6,8-9H2,1H3,(H2,21,23,24). The van der Waals surface area contributed by atoms with E-state index in [9.17, 15) is 0 Å². The first-order valence-electron chi connectivity index (χ1n) is 8.72. The zero-order chi connectivity index (χ0) is 17.5. The molecule has 4 heterocycles. The molecule has 130 valence electrons. The normalized spacial score (nSPS) is 15.5. The fourth-order valence-electron chi connectivity index (χ4n) is 3.41. The van der Waals surface area contributed by atoms with Gasteiger partial charge < -0.3 is 15.2 Å². The molecule has 0 saturated heterocycles. The number of H-pyrrole nitrogens is 1. The molecule has 2 N–H and O–H groups in total. The van der Waals surface area contributed by atoms with E-state index >= 15 is 0 Å². The third-order valence-electron chi connectivity index (χ3n) is 4.90. The lowest BCUT2D eigenvalue weighted by Gasteiger charge is -2.21. The maximum Gasteiger partial charge on any atom is 0.139 e. The van der Waals surface area contributed by atoms with Crippen LogP contribution in [0, 0.1) is 0 Å². The Kier molecular flexibility index (Phi) is 3.72. The molecule has 0 radical (unpaired) electrons. The molecule has 1 aliphatic heterocycles. The fraction of sp³-hybridized carbons (Fsp3) is 0.200. The lowest BCUT2D eigenvalue weighted by molar-refractivity contribution is 0.370. The monoisotopic (exact) mass is 361 g/mol. The predicted octanol–water partition coefficient (Wildman–Crippen LogP) is 4.64. The molecule has 0 amide bonds. The van der Waals surface area contributed by atoms with E-state index in [-0.39, 0.29) is 0 Å². The van der Waals surface area contributed by atoms with E-state index in [4.69, 9.17) is 0 Å². The van der Waals surface area contributed by atoms with E-state index in [0.717, 1.165) is 47.4 Å². The van der Waals surface area contributed by atoms with Crippen molar-refractivity contribution >= 4 is 49.5 Å². The smallest absolute Gasteiger partial charge is 0.139 e. The summed E-state index contributed by atoms with van der Waals surface area (Å²) in [4.78, 5) is 14.7. The van der Waals surface area contributed by atoms with Crippen LogP contribution in [0.2, 0.25) is 0 Å². The number of rotatable bonds is 3. The number of nitrogens with one attached hydrogen (secondary N) is 2. The Bertz CT molecular complexity index is 1120. The van der Waals surface area contributed by atoms with Crippen molar-refractivity contribution in [3.8, 4) is 0 Å². The zero-order valence-corrected chi connectivity index (χ0v) is 15.3. The van der Waals surface area contributed by atoms with Gasteiger partial charge in [-0.3, -0.25) is 0 Å². The first-order valence-corrected chi connectivity index (χ1v) is 9.60. The fourth-order valence-corrected chi connectivity index (χ4v) is 4.13. The molecule has 1 aromatic carbocycles. The molecule has 6 heteroatoms. The summed E-state index contributed by atoms with van der Waals surface area (Å²) in [6, 6.07) is 10.5. The summed E-state index contributed by atoms with van der Waals surface area (Å²) >= 11 is 1.66. The van der Waals surface area contributed by atoms with Crippen molar-refractivity contribution in [3.05, 3.63) is 53.8 Å². The molecular weight excluding hydrogens is 342 g/mol. The Labute approximate surface area is 155 Å². The molecule has 0 bridgehead atoms. The van der Waals surface area contributed by atoms with Crippen LogP contribution in [0.3, 0.4) is 0 Å². The number of benzene rings is 1. The van der Waals surface area contributed by atoms with Gasteiger partial charge in [0.25, 0.3) is 0 Å². The minimum atomic E-state index is 0.920. The molecule has 0 saturated carbocycles. The van der Waals surface area contributed by atoms with E-state index < -0.39 is 0 Å².